The highest BCUT2D eigenvalue weighted by Crippen LogP contribution is 2.33. The summed E-state index contributed by atoms with van der Waals surface area (Å²) in [5, 5.41) is 10.2. The molecule has 0 unspecified atom stereocenters. The number of ether oxygens (including phenoxy) is 1. The lowest BCUT2D eigenvalue weighted by Crippen LogP contribution is -2.31. The number of sulfonamides is 1. The zero-order valence-electron chi connectivity index (χ0n) is 14.8. The third-order valence-corrected chi connectivity index (χ3v) is 5.68. The minimum absolute atomic E-state index is 0.00599. The van der Waals surface area contributed by atoms with E-state index in [4.69, 9.17) is 4.74 Å². The molecule has 0 fully saturated rings. The number of phenols is 1. The minimum Gasteiger partial charge on any atom is -0.506 e. The number of hydrogen-bond acceptors (Lipinski definition) is 5. The van der Waals surface area contributed by atoms with Gasteiger partial charge < -0.3 is 9.84 Å². The fraction of sp³-hybridized carbons (Fsp3) is 0.150. The van der Waals surface area contributed by atoms with Crippen LogP contribution in [0.15, 0.2) is 77.8 Å². The van der Waals surface area contributed by atoms with Crippen molar-refractivity contribution >= 4 is 15.7 Å². The van der Waals surface area contributed by atoms with Crippen molar-refractivity contribution < 1.29 is 18.3 Å². The molecule has 0 bridgehead atoms. The average Bonchev–Trinajstić information content (AvgIpc) is 2.68. The van der Waals surface area contributed by atoms with E-state index in [1.807, 2.05) is 6.92 Å². The average molecular weight is 384 g/mol. The molecular weight excluding hydrogens is 364 g/mol. The number of hydrogen-bond donors (Lipinski definition) is 1. The molecule has 27 heavy (non-hydrogen) atoms. The predicted octanol–water partition coefficient (Wildman–Crippen LogP) is 3.58. The number of pyridine rings is 1. The molecule has 0 aliphatic carbocycles. The number of aromatic nitrogens is 1. The molecule has 140 valence electrons. The Morgan fingerprint density at radius 2 is 1.70 bits per heavy atom. The van der Waals surface area contributed by atoms with Crippen molar-refractivity contribution in [1.29, 1.82) is 0 Å². The van der Waals surface area contributed by atoms with E-state index in [-0.39, 0.29) is 22.9 Å². The number of anilines is 1. The van der Waals surface area contributed by atoms with Gasteiger partial charge in [-0.1, -0.05) is 18.2 Å². The summed E-state index contributed by atoms with van der Waals surface area (Å²) in [6, 6.07) is 17.8. The Labute approximate surface area is 158 Å². The van der Waals surface area contributed by atoms with Gasteiger partial charge in [0.05, 0.1) is 29.4 Å². The van der Waals surface area contributed by atoms with E-state index in [9.17, 15) is 13.5 Å². The van der Waals surface area contributed by atoms with Gasteiger partial charge in [-0.25, -0.2) is 8.42 Å². The van der Waals surface area contributed by atoms with Crippen LogP contribution in [0, 0.1) is 0 Å². The van der Waals surface area contributed by atoms with Crippen molar-refractivity contribution in [2.24, 2.45) is 0 Å². The molecule has 0 spiro atoms. The molecule has 1 heterocycles. The summed E-state index contributed by atoms with van der Waals surface area (Å²) >= 11 is 0. The number of benzene rings is 2. The fourth-order valence-corrected chi connectivity index (χ4v) is 4.07. The highest BCUT2D eigenvalue weighted by atomic mass is 32.2. The molecule has 0 amide bonds. The van der Waals surface area contributed by atoms with Crippen LogP contribution in [-0.2, 0) is 16.6 Å². The van der Waals surface area contributed by atoms with Crippen LogP contribution in [0.1, 0.15) is 12.6 Å². The van der Waals surface area contributed by atoms with Gasteiger partial charge in [-0.3, -0.25) is 9.29 Å². The molecule has 3 aromatic rings. The molecule has 0 saturated heterocycles. The van der Waals surface area contributed by atoms with Crippen LogP contribution in [0.4, 0.5) is 5.69 Å². The zero-order chi connectivity index (χ0) is 19.3. The third kappa shape index (κ3) is 4.20. The van der Waals surface area contributed by atoms with Gasteiger partial charge in [0.1, 0.15) is 11.5 Å². The molecule has 0 atom stereocenters. The Kier molecular flexibility index (Phi) is 5.61. The lowest BCUT2D eigenvalue weighted by atomic mass is 10.3. The number of nitrogens with zero attached hydrogens (tertiary/aromatic N) is 2. The minimum atomic E-state index is -3.93. The van der Waals surface area contributed by atoms with E-state index < -0.39 is 10.0 Å². The molecule has 7 heteroatoms. The van der Waals surface area contributed by atoms with Crippen molar-refractivity contribution in [3.8, 4) is 11.5 Å². The normalized spacial score (nSPS) is 11.1. The maximum atomic E-state index is 13.3. The largest absolute Gasteiger partial charge is 0.506 e. The quantitative estimate of drug-likeness (QED) is 0.673. The summed E-state index contributed by atoms with van der Waals surface area (Å²) < 4.78 is 33.1. The maximum absolute atomic E-state index is 13.3. The van der Waals surface area contributed by atoms with Crippen LogP contribution in [0.25, 0.3) is 0 Å². The summed E-state index contributed by atoms with van der Waals surface area (Å²) in [4.78, 5) is 4.31. The van der Waals surface area contributed by atoms with E-state index in [1.165, 1.54) is 18.2 Å². The second kappa shape index (κ2) is 8.09. The van der Waals surface area contributed by atoms with E-state index in [1.54, 1.807) is 54.7 Å². The van der Waals surface area contributed by atoms with Crippen molar-refractivity contribution in [1.82, 2.24) is 4.98 Å². The highest BCUT2D eigenvalue weighted by molar-refractivity contribution is 7.92. The Bertz CT molecular complexity index is 990. The van der Waals surface area contributed by atoms with Gasteiger partial charge >= 0.3 is 0 Å². The van der Waals surface area contributed by atoms with Gasteiger partial charge in [0.2, 0.25) is 0 Å². The van der Waals surface area contributed by atoms with Gasteiger partial charge in [-0.2, -0.15) is 0 Å². The van der Waals surface area contributed by atoms with Crippen LogP contribution in [0.2, 0.25) is 0 Å². The molecule has 0 saturated carbocycles. The Morgan fingerprint density at radius 1 is 1.00 bits per heavy atom. The number of phenolic OH excluding ortho intramolecular Hbond substituents is 1. The number of rotatable bonds is 7. The molecule has 0 radical (unpaired) electrons. The fourth-order valence-electron chi connectivity index (χ4n) is 2.62. The summed E-state index contributed by atoms with van der Waals surface area (Å²) in [6.45, 7) is 2.35. The van der Waals surface area contributed by atoms with Crippen LogP contribution < -0.4 is 9.04 Å². The SMILES string of the molecule is CCOc1ccc(S(=O)(=O)N(Cc2ccccn2)c2ccccc2O)cc1. The zero-order valence-corrected chi connectivity index (χ0v) is 15.6. The van der Waals surface area contributed by atoms with E-state index >= 15 is 0 Å². The molecule has 1 N–H and O–H groups in total. The van der Waals surface area contributed by atoms with Crippen LogP contribution in [0.3, 0.4) is 0 Å². The van der Waals surface area contributed by atoms with Gasteiger partial charge in [0.25, 0.3) is 10.0 Å². The maximum Gasteiger partial charge on any atom is 0.264 e. The Morgan fingerprint density at radius 3 is 2.33 bits per heavy atom. The molecule has 2 aromatic carbocycles. The standard InChI is InChI=1S/C20H20N2O4S/c1-2-26-17-10-12-18(13-11-17)27(24,25)22(15-16-7-5-6-14-21-16)19-8-3-4-9-20(19)23/h3-14,23H,2,15H2,1H3. The van der Waals surface area contributed by atoms with Gasteiger partial charge in [0.15, 0.2) is 0 Å². The second-order valence-electron chi connectivity index (χ2n) is 5.73. The van der Waals surface area contributed by atoms with Crippen molar-refractivity contribution in [2.45, 2.75) is 18.4 Å². The van der Waals surface area contributed by atoms with Gasteiger partial charge in [0, 0.05) is 6.20 Å². The summed E-state index contributed by atoms with van der Waals surface area (Å²) in [7, 11) is -3.93. The first kappa shape index (κ1) is 18.7. The third-order valence-electron chi connectivity index (χ3n) is 3.90. The molecule has 3 rings (SSSR count). The molecule has 1 aromatic heterocycles. The Balaban J connectivity index is 2.04. The summed E-state index contributed by atoms with van der Waals surface area (Å²) in [6.07, 6.45) is 1.60. The van der Waals surface area contributed by atoms with Crippen molar-refractivity contribution in [3.05, 3.63) is 78.6 Å². The first-order valence-electron chi connectivity index (χ1n) is 8.46. The first-order valence-corrected chi connectivity index (χ1v) is 9.90. The number of aromatic hydroxyl groups is 1. The monoisotopic (exact) mass is 384 g/mol. The Hall–Kier alpha value is -3.06. The lowest BCUT2D eigenvalue weighted by molar-refractivity contribution is 0.340. The predicted molar refractivity (Wildman–Crippen MR) is 103 cm³/mol. The van der Waals surface area contributed by atoms with Crippen molar-refractivity contribution in [2.75, 3.05) is 10.9 Å². The lowest BCUT2D eigenvalue weighted by Gasteiger charge is -2.25. The van der Waals surface area contributed by atoms with E-state index in [0.29, 0.717) is 18.1 Å². The smallest absolute Gasteiger partial charge is 0.264 e. The van der Waals surface area contributed by atoms with Gasteiger partial charge in [-0.15, -0.1) is 0 Å². The number of para-hydroxylation sites is 2. The molecule has 6 nitrogen and oxygen atoms in total. The van der Waals surface area contributed by atoms with Crippen LogP contribution >= 0.6 is 0 Å². The summed E-state index contributed by atoms with van der Waals surface area (Å²) in [5.41, 5.74) is 0.757. The van der Waals surface area contributed by atoms with Crippen LogP contribution in [-0.4, -0.2) is 25.1 Å². The second-order valence-corrected chi connectivity index (χ2v) is 7.59. The molecular formula is C20H20N2O4S. The topological polar surface area (TPSA) is 79.7 Å². The van der Waals surface area contributed by atoms with Crippen molar-refractivity contribution in [3.63, 3.8) is 0 Å². The van der Waals surface area contributed by atoms with Gasteiger partial charge in [-0.05, 0) is 55.5 Å². The molecule has 0 aliphatic heterocycles. The van der Waals surface area contributed by atoms with E-state index in [2.05, 4.69) is 4.98 Å². The highest BCUT2D eigenvalue weighted by Gasteiger charge is 2.27. The summed E-state index contributed by atoms with van der Waals surface area (Å²) in [5.74, 6) is 0.471. The molecule has 0 aliphatic rings. The first-order chi connectivity index (χ1) is 13.0. The van der Waals surface area contributed by atoms with Crippen LogP contribution in [0.5, 0.6) is 11.5 Å². The van der Waals surface area contributed by atoms with E-state index in [0.717, 1.165) is 4.31 Å².